The number of ether oxygens (including phenoxy) is 2. The first-order chi connectivity index (χ1) is 13.4. The van der Waals surface area contributed by atoms with Crippen molar-refractivity contribution in [1.82, 2.24) is 9.88 Å². The summed E-state index contributed by atoms with van der Waals surface area (Å²) in [5.74, 6) is 4.67. The van der Waals surface area contributed by atoms with Crippen LogP contribution in [0.3, 0.4) is 0 Å². The normalized spacial score (nSPS) is 18.6. The summed E-state index contributed by atoms with van der Waals surface area (Å²) in [5.41, 5.74) is 0.174. The molecule has 0 unspecified atom stereocenters. The highest BCUT2D eigenvalue weighted by molar-refractivity contribution is 7.15. The van der Waals surface area contributed by atoms with Crippen molar-refractivity contribution in [2.24, 2.45) is 0 Å². The molecule has 1 saturated heterocycles. The van der Waals surface area contributed by atoms with Crippen molar-refractivity contribution >= 4 is 23.2 Å². The van der Waals surface area contributed by atoms with Gasteiger partial charge in [-0.1, -0.05) is 35.3 Å². The quantitative estimate of drug-likeness (QED) is 0.623. The van der Waals surface area contributed by atoms with Crippen molar-refractivity contribution in [1.29, 1.82) is 0 Å². The van der Waals surface area contributed by atoms with Gasteiger partial charge in [-0.25, -0.2) is 9.78 Å². The van der Waals surface area contributed by atoms with Crippen molar-refractivity contribution in [3.05, 3.63) is 34.8 Å². The maximum absolute atomic E-state index is 12.0. The van der Waals surface area contributed by atoms with Crippen LogP contribution in [-0.4, -0.2) is 59.8 Å². The summed E-state index contributed by atoms with van der Waals surface area (Å²) in [6.45, 7) is 2.46. The van der Waals surface area contributed by atoms with Crippen molar-refractivity contribution in [3.8, 4) is 28.2 Å². The lowest BCUT2D eigenvalue weighted by atomic mass is 10.0. The van der Waals surface area contributed by atoms with Gasteiger partial charge in [0.15, 0.2) is 0 Å². The van der Waals surface area contributed by atoms with Crippen LogP contribution in [0.2, 0.25) is 0 Å². The molecule has 1 aromatic heterocycles. The van der Waals surface area contributed by atoms with E-state index in [1.165, 1.54) is 12.0 Å². The second-order valence-electron chi connectivity index (χ2n) is 6.25. The van der Waals surface area contributed by atoms with Crippen LogP contribution in [0.4, 0.5) is 0 Å². The predicted octanol–water partition coefficient (Wildman–Crippen LogP) is 1.94. The summed E-state index contributed by atoms with van der Waals surface area (Å²) in [7, 11) is 3.14. The fourth-order valence-corrected chi connectivity index (χ4v) is 3.59. The van der Waals surface area contributed by atoms with Gasteiger partial charge in [0.2, 0.25) is 15.7 Å². The minimum absolute atomic E-state index is 0.207. The van der Waals surface area contributed by atoms with E-state index in [2.05, 4.69) is 16.8 Å². The van der Waals surface area contributed by atoms with E-state index in [-0.39, 0.29) is 18.0 Å². The number of carbonyl (C=O) groups is 2. The zero-order chi connectivity index (χ0) is 20.3. The average molecular weight is 400 g/mol. The Kier molecular flexibility index (Phi) is 5.68. The molecule has 7 nitrogen and oxygen atoms in total. The van der Waals surface area contributed by atoms with Crippen LogP contribution in [-0.2, 0) is 9.53 Å². The number of hydrogen-bond acceptors (Lipinski definition) is 7. The van der Waals surface area contributed by atoms with E-state index < -0.39 is 17.5 Å². The number of likely N-dealkylation sites (N-methyl/N-ethyl adjacent to an activating group) is 1. The van der Waals surface area contributed by atoms with Crippen molar-refractivity contribution in [2.45, 2.75) is 18.9 Å². The van der Waals surface area contributed by atoms with Gasteiger partial charge in [-0.15, -0.1) is 0 Å². The summed E-state index contributed by atoms with van der Waals surface area (Å²) < 4.78 is 10.3. The zero-order valence-electron chi connectivity index (χ0n) is 15.8. The minimum atomic E-state index is -1.65. The van der Waals surface area contributed by atoms with Crippen LogP contribution >= 0.6 is 11.3 Å². The van der Waals surface area contributed by atoms with E-state index in [1.807, 2.05) is 6.07 Å². The molecule has 0 spiro atoms. The van der Waals surface area contributed by atoms with Crippen LogP contribution in [0, 0.1) is 11.8 Å². The SMILES string of the molecule is CCOC(=O)c1nc(-c2cccc(C#C[C@]3(O)CCN(C)C3=O)c2)c(OC)s1. The van der Waals surface area contributed by atoms with E-state index in [4.69, 9.17) is 9.47 Å². The van der Waals surface area contributed by atoms with Crippen LogP contribution in [0.15, 0.2) is 24.3 Å². The third-order valence-electron chi connectivity index (χ3n) is 4.29. The molecule has 1 aliphatic heterocycles. The maximum Gasteiger partial charge on any atom is 0.367 e. The molecule has 0 radical (unpaired) electrons. The zero-order valence-corrected chi connectivity index (χ0v) is 16.6. The van der Waals surface area contributed by atoms with Crippen LogP contribution in [0.5, 0.6) is 5.06 Å². The van der Waals surface area contributed by atoms with Gasteiger partial charge in [0.1, 0.15) is 5.69 Å². The molecule has 2 heterocycles. The number of benzene rings is 1. The molecule has 28 heavy (non-hydrogen) atoms. The van der Waals surface area contributed by atoms with Crippen LogP contribution in [0.1, 0.15) is 28.7 Å². The summed E-state index contributed by atoms with van der Waals surface area (Å²) in [5, 5.41) is 11.1. The van der Waals surface area contributed by atoms with Crippen molar-refractivity contribution < 1.29 is 24.2 Å². The number of methoxy groups -OCH3 is 1. The van der Waals surface area contributed by atoms with Crippen molar-refractivity contribution in [3.63, 3.8) is 0 Å². The average Bonchev–Trinajstić information content (AvgIpc) is 3.25. The topological polar surface area (TPSA) is 89.0 Å². The number of esters is 1. The van der Waals surface area contributed by atoms with E-state index in [1.54, 1.807) is 32.2 Å². The van der Waals surface area contributed by atoms with E-state index in [0.29, 0.717) is 28.4 Å². The number of likely N-dealkylation sites (tertiary alicyclic amines) is 1. The highest BCUT2D eigenvalue weighted by atomic mass is 32.1. The Bertz CT molecular complexity index is 974. The third kappa shape index (κ3) is 3.86. The Hall–Kier alpha value is -2.89. The molecule has 3 rings (SSSR count). The summed E-state index contributed by atoms with van der Waals surface area (Å²) in [6, 6.07) is 7.15. The van der Waals surface area contributed by atoms with Gasteiger partial charge < -0.3 is 19.5 Å². The first kappa shape index (κ1) is 19.9. The van der Waals surface area contributed by atoms with Gasteiger partial charge in [-0.2, -0.15) is 0 Å². The number of carbonyl (C=O) groups excluding carboxylic acids is 2. The van der Waals surface area contributed by atoms with Gasteiger partial charge in [-0.3, -0.25) is 4.79 Å². The summed E-state index contributed by atoms with van der Waals surface area (Å²) in [6.07, 6.45) is 0.276. The number of rotatable bonds is 4. The van der Waals surface area contributed by atoms with Gasteiger partial charge in [-0.05, 0) is 19.1 Å². The van der Waals surface area contributed by atoms with Gasteiger partial charge in [0, 0.05) is 31.1 Å². The molecule has 1 atom stereocenters. The standard InChI is InChI=1S/C20H20N2O5S/c1-4-27-17(23)16-21-15(18(26-3)28-16)14-7-5-6-13(12-14)8-9-20(25)10-11-22(2)19(20)24/h5-7,12,25H,4,10-11H2,1-3H3/t20-/m0/s1. The Morgan fingerprint density at radius 1 is 1.46 bits per heavy atom. The third-order valence-corrected chi connectivity index (χ3v) is 5.29. The van der Waals surface area contributed by atoms with Gasteiger partial charge in [0.25, 0.3) is 5.91 Å². The molecule has 1 aliphatic rings. The molecule has 1 aromatic carbocycles. The molecular weight excluding hydrogens is 380 g/mol. The van der Waals surface area contributed by atoms with E-state index in [0.717, 1.165) is 11.3 Å². The Morgan fingerprint density at radius 2 is 2.25 bits per heavy atom. The van der Waals surface area contributed by atoms with Crippen molar-refractivity contribution in [2.75, 3.05) is 27.3 Å². The highest BCUT2D eigenvalue weighted by Crippen LogP contribution is 2.35. The smallest absolute Gasteiger partial charge is 0.367 e. The lowest BCUT2D eigenvalue weighted by Gasteiger charge is -2.13. The lowest BCUT2D eigenvalue weighted by Crippen LogP contribution is -2.37. The molecule has 0 saturated carbocycles. The highest BCUT2D eigenvalue weighted by Gasteiger charge is 2.42. The Morgan fingerprint density at radius 3 is 2.89 bits per heavy atom. The Labute approximate surface area is 166 Å². The second kappa shape index (κ2) is 8.00. The largest absolute Gasteiger partial charge is 0.486 e. The summed E-state index contributed by atoms with van der Waals surface area (Å²) >= 11 is 1.11. The number of nitrogens with zero attached hydrogens (tertiary/aromatic N) is 2. The molecule has 1 N–H and O–H groups in total. The fraction of sp³-hybridized carbons (Fsp3) is 0.350. The molecule has 1 amide bonds. The van der Waals surface area contributed by atoms with Gasteiger partial charge >= 0.3 is 5.97 Å². The number of aliphatic hydroxyl groups is 1. The fourth-order valence-electron chi connectivity index (χ4n) is 2.80. The predicted molar refractivity (Wildman–Crippen MR) is 104 cm³/mol. The molecular formula is C20H20N2O5S. The van der Waals surface area contributed by atoms with Crippen LogP contribution in [0.25, 0.3) is 11.3 Å². The molecule has 1 fully saturated rings. The number of amides is 1. The monoisotopic (exact) mass is 400 g/mol. The van der Waals surface area contributed by atoms with Crippen LogP contribution < -0.4 is 4.74 Å². The molecule has 8 heteroatoms. The molecule has 0 bridgehead atoms. The van der Waals surface area contributed by atoms with E-state index in [9.17, 15) is 14.7 Å². The maximum atomic E-state index is 12.0. The first-order valence-electron chi connectivity index (χ1n) is 8.71. The molecule has 0 aliphatic carbocycles. The summed E-state index contributed by atoms with van der Waals surface area (Å²) in [4.78, 5) is 29.8. The first-order valence-corrected chi connectivity index (χ1v) is 9.53. The van der Waals surface area contributed by atoms with Gasteiger partial charge in [0.05, 0.1) is 13.7 Å². The number of thiazole rings is 1. The lowest BCUT2D eigenvalue weighted by molar-refractivity contribution is -0.137. The Balaban J connectivity index is 1.92. The molecule has 2 aromatic rings. The number of hydrogen-bond donors (Lipinski definition) is 1. The minimum Gasteiger partial charge on any atom is -0.486 e. The number of aromatic nitrogens is 1. The van der Waals surface area contributed by atoms with E-state index >= 15 is 0 Å². The second-order valence-corrected chi connectivity index (χ2v) is 7.21. The molecule has 146 valence electrons.